The van der Waals surface area contributed by atoms with Crippen LogP contribution in [0.5, 0.6) is 0 Å². The van der Waals surface area contributed by atoms with E-state index in [0.29, 0.717) is 18.7 Å². The Hall–Kier alpha value is -2.69. The fourth-order valence-corrected chi connectivity index (χ4v) is 2.55. The summed E-state index contributed by atoms with van der Waals surface area (Å²) in [6, 6.07) is 10.00. The minimum absolute atomic E-state index is 0.178. The summed E-state index contributed by atoms with van der Waals surface area (Å²) >= 11 is 0. The highest BCUT2D eigenvalue weighted by Crippen LogP contribution is 2.15. The van der Waals surface area contributed by atoms with Gasteiger partial charge in [-0.3, -0.25) is 9.20 Å². The maximum atomic E-state index is 12.9. The molecule has 0 aliphatic carbocycles. The van der Waals surface area contributed by atoms with Crippen molar-refractivity contribution >= 4 is 11.6 Å². The molecule has 1 aromatic carbocycles. The third-order valence-electron chi connectivity index (χ3n) is 3.77. The van der Waals surface area contributed by atoms with E-state index in [-0.39, 0.29) is 11.7 Å². The molecule has 0 radical (unpaired) electrons. The van der Waals surface area contributed by atoms with Crippen LogP contribution in [0.4, 0.5) is 4.39 Å². The monoisotopic (exact) mass is 311 g/mol. The second-order valence-corrected chi connectivity index (χ2v) is 5.50. The summed E-state index contributed by atoms with van der Waals surface area (Å²) in [5.74, 6) is -0.465. The first-order valence-electron chi connectivity index (χ1n) is 7.58. The van der Waals surface area contributed by atoms with Crippen molar-refractivity contribution < 1.29 is 9.18 Å². The summed E-state index contributed by atoms with van der Waals surface area (Å²) in [5, 5.41) is 2.88. The van der Waals surface area contributed by atoms with Gasteiger partial charge in [0.2, 0.25) is 0 Å². The summed E-state index contributed by atoms with van der Waals surface area (Å²) in [6.07, 6.45) is 2.55. The van der Waals surface area contributed by atoms with Crippen LogP contribution in [0.25, 0.3) is 5.65 Å². The van der Waals surface area contributed by atoms with Crippen LogP contribution in [0.15, 0.2) is 42.6 Å². The Morgan fingerprint density at radius 1 is 1.26 bits per heavy atom. The van der Waals surface area contributed by atoms with Gasteiger partial charge >= 0.3 is 0 Å². The zero-order valence-corrected chi connectivity index (χ0v) is 13.1. The molecule has 118 valence electrons. The lowest BCUT2D eigenvalue weighted by Gasteiger charge is -2.07. The van der Waals surface area contributed by atoms with E-state index < -0.39 is 0 Å². The molecule has 0 fully saturated rings. The van der Waals surface area contributed by atoms with Gasteiger partial charge in [0.05, 0.1) is 5.69 Å². The number of rotatable bonds is 4. The van der Waals surface area contributed by atoms with Crippen molar-refractivity contribution in [2.45, 2.75) is 26.8 Å². The molecule has 4 nitrogen and oxygen atoms in total. The van der Waals surface area contributed by atoms with Crippen LogP contribution in [-0.2, 0) is 13.0 Å². The number of pyridine rings is 1. The molecular formula is C18H18FN3O. The molecule has 23 heavy (non-hydrogen) atoms. The first-order chi connectivity index (χ1) is 11.1. The molecule has 0 aliphatic heterocycles. The van der Waals surface area contributed by atoms with E-state index in [1.807, 2.05) is 36.6 Å². The van der Waals surface area contributed by atoms with Gasteiger partial charge in [-0.05, 0) is 48.7 Å². The third kappa shape index (κ3) is 3.08. The first-order valence-corrected chi connectivity index (χ1v) is 7.58. The van der Waals surface area contributed by atoms with Crippen LogP contribution in [0.2, 0.25) is 0 Å². The van der Waals surface area contributed by atoms with Gasteiger partial charge in [-0.2, -0.15) is 0 Å². The topological polar surface area (TPSA) is 46.4 Å². The van der Waals surface area contributed by atoms with Gasteiger partial charge in [0.1, 0.15) is 17.2 Å². The fraction of sp³-hybridized carbons (Fsp3) is 0.222. The molecule has 2 heterocycles. The molecular weight excluding hydrogens is 293 g/mol. The molecule has 2 aromatic heterocycles. The fourth-order valence-electron chi connectivity index (χ4n) is 2.55. The minimum atomic E-state index is -0.287. The number of amides is 1. The van der Waals surface area contributed by atoms with Crippen molar-refractivity contribution in [3.8, 4) is 0 Å². The number of nitrogens with zero attached hydrogens (tertiary/aromatic N) is 2. The first kappa shape index (κ1) is 15.2. The number of fused-ring (bicyclic) bond motifs is 1. The van der Waals surface area contributed by atoms with E-state index in [1.54, 1.807) is 12.1 Å². The van der Waals surface area contributed by atoms with Gasteiger partial charge in [0.15, 0.2) is 0 Å². The molecule has 0 spiro atoms. The van der Waals surface area contributed by atoms with Crippen molar-refractivity contribution in [3.05, 3.63) is 70.9 Å². The zero-order valence-electron chi connectivity index (χ0n) is 13.1. The number of aromatic nitrogens is 2. The average Bonchev–Trinajstić information content (AvgIpc) is 2.91. The summed E-state index contributed by atoms with van der Waals surface area (Å²) in [7, 11) is 0. The van der Waals surface area contributed by atoms with Gasteiger partial charge in [-0.1, -0.05) is 19.1 Å². The SMILES string of the molecule is CCc1nc2cc(C)ccn2c1C(=O)NCc1ccc(F)cc1. The Bertz CT molecular complexity index is 853. The van der Waals surface area contributed by atoms with Gasteiger partial charge < -0.3 is 5.32 Å². The van der Waals surface area contributed by atoms with Crippen LogP contribution >= 0.6 is 0 Å². The Kier molecular flexibility index (Phi) is 4.10. The molecule has 1 N–H and O–H groups in total. The minimum Gasteiger partial charge on any atom is -0.347 e. The van der Waals surface area contributed by atoms with Gasteiger partial charge in [-0.15, -0.1) is 0 Å². The van der Waals surface area contributed by atoms with E-state index in [0.717, 1.165) is 22.5 Å². The normalized spacial score (nSPS) is 10.9. The van der Waals surface area contributed by atoms with Gasteiger partial charge in [-0.25, -0.2) is 9.37 Å². The molecule has 0 aliphatic rings. The Labute approximate surface area is 134 Å². The van der Waals surface area contributed by atoms with Crippen molar-refractivity contribution in [1.29, 1.82) is 0 Å². The lowest BCUT2D eigenvalue weighted by atomic mass is 10.2. The molecule has 3 aromatic rings. The van der Waals surface area contributed by atoms with Crippen LogP contribution in [-0.4, -0.2) is 15.3 Å². The predicted octanol–water partition coefficient (Wildman–Crippen LogP) is 3.27. The largest absolute Gasteiger partial charge is 0.347 e. The number of carbonyl (C=O) groups is 1. The van der Waals surface area contributed by atoms with E-state index in [9.17, 15) is 9.18 Å². The van der Waals surface area contributed by atoms with Crippen LogP contribution in [0.1, 0.15) is 34.2 Å². The van der Waals surface area contributed by atoms with E-state index >= 15 is 0 Å². The summed E-state index contributed by atoms with van der Waals surface area (Å²) < 4.78 is 14.7. The number of carbonyl (C=O) groups excluding carboxylic acids is 1. The summed E-state index contributed by atoms with van der Waals surface area (Å²) in [4.78, 5) is 17.1. The standard InChI is InChI=1S/C18H18FN3O/c1-3-15-17(22-9-8-12(2)10-16(22)21-15)18(23)20-11-13-4-6-14(19)7-5-13/h4-10H,3,11H2,1-2H3,(H,20,23). The quantitative estimate of drug-likeness (QED) is 0.804. The average molecular weight is 311 g/mol. The van der Waals surface area contributed by atoms with Crippen molar-refractivity contribution in [3.63, 3.8) is 0 Å². The number of aryl methyl sites for hydroxylation is 2. The maximum absolute atomic E-state index is 12.9. The molecule has 1 amide bonds. The highest BCUT2D eigenvalue weighted by molar-refractivity contribution is 5.94. The maximum Gasteiger partial charge on any atom is 0.270 e. The number of hydrogen-bond donors (Lipinski definition) is 1. The van der Waals surface area contributed by atoms with Crippen LogP contribution < -0.4 is 5.32 Å². The van der Waals surface area contributed by atoms with Crippen LogP contribution in [0, 0.1) is 12.7 Å². The van der Waals surface area contributed by atoms with Crippen molar-refractivity contribution in [2.24, 2.45) is 0 Å². The molecule has 5 heteroatoms. The molecule has 0 bridgehead atoms. The van der Waals surface area contributed by atoms with Crippen LogP contribution in [0.3, 0.4) is 0 Å². The predicted molar refractivity (Wildman–Crippen MR) is 86.9 cm³/mol. The lowest BCUT2D eigenvalue weighted by molar-refractivity contribution is 0.0944. The number of hydrogen-bond acceptors (Lipinski definition) is 2. The molecule has 0 saturated heterocycles. The Morgan fingerprint density at radius 3 is 2.70 bits per heavy atom. The number of halogens is 1. The number of nitrogens with one attached hydrogen (secondary N) is 1. The van der Waals surface area contributed by atoms with Gasteiger partial charge in [0.25, 0.3) is 5.91 Å². The summed E-state index contributed by atoms with van der Waals surface area (Å²) in [5.41, 5.74) is 4.05. The Morgan fingerprint density at radius 2 is 2.00 bits per heavy atom. The lowest BCUT2D eigenvalue weighted by Crippen LogP contribution is -2.25. The van der Waals surface area contributed by atoms with Gasteiger partial charge in [0, 0.05) is 12.7 Å². The summed E-state index contributed by atoms with van der Waals surface area (Å²) in [6.45, 7) is 4.32. The second kappa shape index (κ2) is 6.20. The van der Waals surface area contributed by atoms with E-state index in [4.69, 9.17) is 0 Å². The van der Waals surface area contributed by atoms with Crippen molar-refractivity contribution in [2.75, 3.05) is 0 Å². The zero-order chi connectivity index (χ0) is 16.4. The van der Waals surface area contributed by atoms with Crippen molar-refractivity contribution in [1.82, 2.24) is 14.7 Å². The third-order valence-corrected chi connectivity index (χ3v) is 3.77. The highest BCUT2D eigenvalue weighted by Gasteiger charge is 2.17. The number of imidazole rings is 1. The van der Waals surface area contributed by atoms with E-state index in [2.05, 4.69) is 10.3 Å². The van der Waals surface area contributed by atoms with E-state index in [1.165, 1.54) is 12.1 Å². The highest BCUT2D eigenvalue weighted by atomic mass is 19.1. The molecule has 0 saturated carbocycles. The number of benzene rings is 1. The molecule has 0 unspecified atom stereocenters. The second-order valence-electron chi connectivity index (χ2n) is 5.50. The molecule has 0 atom stereocenters. The molecule has 3 rings (SSSR count). The smallest absolute Gasteiger partial charge is 0.270 e. The Balaban J connectivity index is 1.86.